The number of carbonyl (C=O) groups is 3. The van der Waals surface area contributed by atoms with Crippen molar-refractivity contribution in [3.8, 4) is 0 Å². The quantitative estimate of drug-likeness (QED) is 0.872. The number of benzene rings is 2. The van der Waals surface area contributed by atoms with Crippen molar-refractivity contribution in [3.05, 3.63) is 59.7 Å². The Balaban J connectivity index is 1.68. The van der Waals surface area contributed by atoms with Crippen LogP contribution in [0.4, 0.5) is 11.4 Å². The molecule has 2 amide bonds. The van der Waals surface area contributed by atoms with E-state index in [1.807, 2.05) is 31.2 Å². The second-order valence-electron chi connectivity index (χ2n) is 6.31. The van der Waals surface area contributed by atoms with Crippen molar-refractivity contribution in [2.24, 2.45) is 5.92 Å². The lowest BCUT2D eigenvalue weighted by atomic mass is 10.1. The first-order valence-corrected chi connectivity index (χ1v) is 8.23. The van der Waals surface area contributed by atoms with E-state index in [1.54, 1.807) is 29.2 Å². The molecule has 1 heterocycles. The molecule has 5 heteroatoms. The molecule has 1 fully saturated rings. The summed E-state index contributed by atoms with van der Waals surface area (Å²) in [4.78, 5) is 37.8. The zero-order valence-electron chi connectivity index (χ0n) is 14.3. The topological polar surface area (TPSA) is 66.5 Å². The second kappa shape index (κ2) is 6.89. The molecule has 2 aromatic carbocycles. The van der Waals surface area contributed by atoms with Crippen LogP contribution in [0.25, 0.3) is 0 Å². The van der Waals surface area contributed by atoms with E-state index in [1.165, 1.54) is 6.92 Å². The minimum Gasteiger partial charge on any atom is -0.326 e. The molecule has 2 aromatic rings. The van der Waals surface area contributed by atoms with Gasteiger partial charge in [-0.25, -0.2) is 0 Å². The Bertz CT molecular complexity index is 827. The summed E-state index contributed by atoms with van der Waals surface area (Å²) in [6, 6.07) is 14.4. The average Bonchev–Trinajstić information content (AvgIpc) is 2.97. The summed E-state index contributed by atoms with van der Waals surface area (Å²) >= 11 is 0. The van der Waals surface area contributed by atoms with E-state index in [0.29, 0.717) is 17.8 Å². The van der Waals surface area contributed by atoms with Gasteiger partial charge in [-0.05, 0) is 49.7 Å². The molecule has 25 heavy (non-hydrogen) atoms. The Morgan fingerprint density at radius 3 is 2.40 bits per heavy atom. The van der Waals surface area contributed by atoms with Gasteiger partial charge in [-0.2, -0.15) is 0 Å². The monoisotopic (exact) mass is 336 g/mol. The van der Waals surface area contributed by atoms with Gasteiger partial charge in [0.1, 0.15) is 0 Å². The SMILES string of the molecule is CC(=O)c1ccc(NC(=O)[C@H]2CC(=O)N(c3ccccc3C)C2)cc1. The van der Waals surface area contributed by atoms with Gasteiger partial charge in [-0.1, -0.05) is 18.2 Å². The van der Waals surface area contributed by atoms with Gasteiger partial charge >= 0.3 is 0 Å². The summed E-state index contributed by atoms with van der Waals surface area (Å²) in [6.45, 7) is 3.82. The molecule has 0 spiro atoms. The highest BCUT2D eigenvalue weighted by Crippen LogP contribution is 2.28. The molecule has 0 aromatic heterocycles. The molecule has 1 aliphatic heterocycles. The number of para-hydroxylation sites is 1. The van der Waals surface area contributed by atoms with Crippen LogP contribution in [0.5, 0.6) is 0 Å². The molecule has 1 atom stereocenters. The summed E-state index contributed by atoms with van der Waals surface area (Å²) in [5.41, 5.74) is 3.09. The van der Waals surface area contributed by atoms with E-state index < -0.39 is 0 Å². The fourth-order valence-electron chi connectivity index (χ4n) is 3.01. The number of anilines is 2. The third-order valence-electron chi connectivity index (χ3n) is 4.46. The van der Waals surface area contributed by atoms with Gasteiger partial charge < -0.3 is 10.2 Å². The summed E-state index contributed by atoms with van der Waals surface area (Å²) in [6.07, 6.45) is 0.200. The number of hydrogen-bond donors (Lipinski definition) is 1. The van der Waals surface area contributed by atoms with Gasteiger partial charge in [-0.3, -0.25) is 14.4 Å². The maximum absolute atomic E-state index is 12.5. The van der Waals surface area contributed by atoms with Crippen molar-refractivity contribution in [2.45, 2.75) is 20.3 Å². The van der Waals surface area contributed by atoms with Crippen LogP contribution in [0, 0.1) is 12.8 Å². The number of rotatable bonds is 4. The summed E-state index contributed by atoms with van der Waals surface area (Å²) < 4.78 is 0. The van der Waals surface area contributed by atoms with Gasteiger partial charge in [0.25, 0.3) is 0 Å². The van der Waals surface area contributed by atoms with E-state index in [9.17, 15) is 14.4 Å². The molecule has 3 rings (SSSR count). The standard InChI is InChI=1S/C20H20N2O3/c1-13-5-3-4-6-18(13)22-12-16(11-19(22)24)20(25)21-17-9-7-15(8-10-17)14(2)23/h3-10,16H,11-12H2,1-2H3,(H,21,25)/t16-/m0/s1. The molecule has 128 valence electrons. The Morgan fingerprint density at radius 2 is 1.76 bits per heavy atom. The molecular formula is C20H20N2O3. The number of carbonyl (C=O) groups excluding carboxylic acids is 3. The zero-order valence-corrected chi connectivity index (χ0v) is 14.3. The van der Waals surface area contributed by atoms with Crippen molar-refractivity contribution < 1.29 is 14.4 Å². The first-order valence-electron chi connectivity index (χ1n) is 8.23. The van der Waals surface area contributed by atoms with Crippen LogP contribution in [0.3, 0.4) is 0 Å². The second-order valence-corrected chi connectivity index (χ2v) is 6.31. The number of amides is 2. The van der Waals surface area contributed by atoms with Crippen molar-refractivity contribution in [1.82, 2.24) is 0 Å². The average molecular weight is 336 g/mol. The van der Waals surface area contributed by atoms with Gasteiger partial charge in [0.15, 0.2) is 5.78 Å². The Hall–Kier alpha value is -2.95. The van der Waals surface area contributed by atoms with Crippen LogP contribution in [-0.4, -0.2) is 24.1 Å². The highest BCUT2D eigenvalue weighted by Gasteiger charge is 2.35. The van der Waals surface area contributed by atoms with E-state index in [4.69, 9.17) is 0 Å². The lowest BCUT2D eigenvalue weighted by Crippen LogP contribution is -2.28. The van der Waals surface area contributed by atoms with E-state index in [0.717, 1.165) is 11.3 Å². The van der Waals surface area contributed by atoms with Gasteiger partial charge in [-0.15, -0.1) is 0 Å². The van der Waals surface area contributed by atoms with Crippen molar-refractivity contribution in [1.29, 1.82) is 0 Å². The number of Topliss-reactive ketones (excluding diaryl/α,β-unsaturated/α-hetero) is 1. The maximum Gasteiger partial charge on any atom is 0.229 e. The molecule has 1 N–H and O–H groups in total. The molecule has 0 bridgehead atoms. The molecular weight excluding hydrogens is 316 g/mol. The van der Waals surface area contributed by atoms with Crippen molar-refractivity contribution >= 4 is 29.0 Å². The Labute approximate surface area is 146 Å². The fourth-order valence-corrected chi connectivity index (χ4v) is 3.01. The zero-order chi connectivity index (χ0) is 18.0. The molecule has 1 saturated heterocycles. The van der Waals surface area contributed by atoms with E-state index in [2.05, 4.69) is 5.32 Å². The third kappa shape index (κ3) is 3.60. The Morgan fingerprint density at radius 1 is 1.08 bits per heavy atom. The van der Waals surface area contributed by atoms with Crippen molar-refractivity contribution in [3.63, 3.8) is 0 Å². The lowest BCUT2D eigenvalue weighted by Gasteiger charge is -2.19. The predicted molar refractivity (Wildman–Crippen MR) is 96.7 cm³/mol. The maximum atomic E-state index is 12.5. The normalized spacial score (nSPS) is 16.8. The number of hydrogen-bond acceptors (Lipinski definition) is 3. The molecule has 0 aliphatic carbocycles. The first-order chi connectivity index (χ1) is 12.0. The number of nitrogens with zero attached hydrogens (tertiary/aromatic N) is 1. The number of ketones is 1. The van der Waals surface area contributed by atoms with Gasteiger partial charge in [0, 0.05) is 29.9 Å². The van der Waals surface area contributed by atoms with Crippen LogP contribution in [0.1, 0.15) is 29.3 Å². The first kappa shape index (κ1) is 16.9. The van der Waals surface area contributed by atoms with E-state index in [-0.39, 0.29) is 29.9 Å². The number of aryl methyl sites for hydroxylation is 1. The molecule has 1 aliphatic rings. The fraction of sp³-hybridized carbons (Fsp3) is 0.250. The Kier molecular flexibility index (Phi) is 4.65. The van der Waals surface area contributed by atoms with Crippen LogP contribution >= 0.6 is 0 Å². The third-order valence-corrected chi connectivity index (χ3v) is 4.46. The van der Waals surface area contributed by atoms with Crippen LogP contribution < -0.4 is 10.2 Å². The van der Waals surface area contributed by atoms with E-state index >= 15 is 0 Å². The number of nitrogens with one attached hydrogen (secondary N) is 1. The van der Waals surface area contributed by atoms with Gasteiger partial charge in [0.05, 0.1) is 5.92 Å². The summed E-state index contributed by atoms with van der Waals surface area (Å²) in [7, 11) is 0. The smallest absolute Gasteiger partial charge is 0.229 e. The van der Waals surface area contributed by atoms with Crippen molar-refractivity contribution in [2.75, 3.05) is 16.8 Å². The minimum atomic E-state index is -0.389. The van der Waals surface area contributed by atoms with Crippen LogP contribution in [-0.2, 0) is 9.59 Å². The predicted octanol–water partition coefficient (Wildman–Crippen LogP) is 3.19. The van der Waals surface area contributed by atoms with Gasteiger partial charge in [0.2, 0.25) is 11.8 Å². The summed E-state index contributed by atoms with van der Waals surface area (Å²) in [5, 5.41) is 2.83. The molecule has 0 saturated carbocycles. The largest absolute Gasteiger partial charge is 0.326 e. The van der Waals surface area contributed by atoms with Crippen LogP contribution in [0.15, 0.2) is 48.5 Å². The molecule has 0 unspecified atom stereocenters. The molecule has 0 radical (unpaired) electrons. The summed E-state index contributed by atoms with van der Waals surface area (Å²) in [5.74, 6) is -0.630. The highest BCUT2D eigenvalue weighted by molar-refractivity contribution is 6.04. The lowest BCUT2D eigenvalue weighted by molar-refractivity contribution is -0.122. The highest BCUT2D eigenvalue weighted by atomic mass is 16.2. The van der Waals surface area contributed by atoms with Crippen LogP contribution in [0.2, 0.25) is 0 Å². The minimum absolute atomic E-state index is 0.0202. The molecule has 5 nitrogen and oxygen atoms in total.